The number of hydrogen-bond acceptors (Lipinski definition) is 2. The Morgan fingerprint density at radius 2 is 1.67 bits per heavy atom. The van der Waals surface area contributed by atoms with E-state index in [2.05, 4.69) is 0 Å². The fourth-order valence-corrected chi connectivity index (χ4v) is 2.71. The van der Waals surface area contributed by atoms with Gasteiger partial charge in [0, 0.05) is 11.8 Å². The highest BCUT2D eigenvalue weighted by atomic mass is 19.1. The Morgan fingerprint density at radius 3 is 2.33 bits per heavy atom. The predicted octanol–water partition coefficient (Wildman–Crippen LogP) is 2.80. The molecule has 3 rings (SSSR count). The molecule has 0 radical (unpaired) electrons. The monoisotopic (exact) mass is 324 g/mol. The van der Waals surface area contributed by atoms with Gasteiger partial charge in [-0.3, -0.25) is 13.9 Å². The Morgan fingerprint density at radius 1 is 0.958 bits per heavy atom. The summed E-state index contributed by atoms with van der Waals surface area (Å²) in [6.07, 6.45) is 0. The number of rotatable bonds is 3. The second kappa shape index (κ2) is 6.28. The molecule has 0 aliphatic rings. The van der Waals surface area contributed by atoms with E-state index in [1.165, 1.54) is 16.7 Å². The van der Waals surface area contributed by atoms with Crippen molar-refractivity contribution in [3.8, 4) is 5.69 Å². The number of benzene rings is 2. The maximum absolute atomic E-state index is 13.4. The molecule has 0 unspecified atom stereocenters. The van der Waals surface area contributed by atoms with Crippen LogP contribution in [0.25, 0.3) is 5.69 Å². The van der Waals surface area contributed by atoms with Crippen LogP contribution in [0.5, 0.6) is 0 Å². The zero-order valence-corrected chi connectivity index (χ0v) is 13.5. The number of hydrogen-bond donors (Lipinski definition) is 0. The van der Waals surface area contributed by atoms with E-state index in [0.29, 0.717) is 22.5 Å². The third-order valence-corrected chi connectivity index (χ3v) is 3.95. The molecule has 5 heteroatoms. The van der Waals surface area contributed by atoms with Crippen molar-refractivity contribution in [2.24, 2.45) is 0 Å². The summed E-state index contributed by atoms with van der Waals surface area (Å²) in [5, 5.41) is 0. The lowest BCUT2D eigenvalue weighted by molar-refractivity contribution is 0.614. The van der Waals surface area contributed by atoms with Crippen molar-refractivity contribution in [1.29, 1.82) is 0 Å². The van der Waals surface area contributed by atoms with E-state index in [0.717, 1.165) is 4.57 Å². The summed E-state index contributed by atoms with van der Waals surface area (Å²) in [7, 11) is 0. The zero-order chi connectivity index (χ0) is 17.3. The molecule has 0 amide bonds. The van der Waals surface area contributed by atoms with Gasteiger partial charge in [0.05, 0.1) is 12.2 Å². The molecular weight excluding hydrogens is 307 g/mol. The number of halogens is 1. The van der Waals surface area contributed by atoms with Gasteiger partial charge in [0.25, 0.3) is 5.56 Å². The van der Waals surface area contributed by atoms with Crippen molar-refractivity contribution in [2.45, 2.75) is 20.4 Å². The fourth-order valence-electron chi connectivity index (χ4n) is 2.71. The van der Waals surface area contributed by atoms with Gasteiger partial charge < -0.3 is 0 Å². The highest BCUT2D eigenvalue weighted by Crippen LogP contribution is 2.10. The van der Waals surface area contributed by atoms with Crippen molar-refractivity contribution >= 4 is 0 Å². The molecule has 1 aromatic heterocycles. The summed E-state index contributed by atoms with van der Waals surface area (Å²) in [6, 6.07) is 15.2. The van der Waals surface area contributed by atoms with Gasteiger partial charge in [-0.15, -0.1) is 0 Å². The van der Waals surface area contributed by atoms with Gasteiger partial charge in [0.2, 0.25) is 0 Å². The van der Waals surface area contributed by atoms with Gasteiger partial charge in [-0.1, -0.05) is 30.3 Å². The number of aryl methyl sites for hydroxylation is 2. The standard InChI is InChI=1S/C19H17FN2O2/c1-13-10-15(8-9-17(13)20)12-21-18(23)11-14(2)22(19(21)24)16-6-4-3-5-7-16/h3-11H,12H2,1-2H3. The topological polar surface area (TPSA) is 44.0 Å². The van der Waals surface area contributed by atoms with Crippen LogP contribution in [0.15, 0.2) is 64.2 Å². The van der Waals surface area contributed by atoms with E-state index in [4.69, 9.17) is 0 Å². The third-order valence-electron chi connectivity index (χ3n) is 3.95. The smallest absolute Gasteiger partial charge is 0.269 e. The van der Waals surface area contributed by atoms with Crippen molar-refractivity contribution in [2.75, 3.05) is 0 Å². The molecule has 1 heterocycles. The van der Waals surface area contributed by atoms with Gasteiger partial charge in [-0.2, -0.15) is 0 Å². The molecule has 0 saturated heterocycles. The Labute approximate surface area is 138 Å². The van der Waals surface area contributed by atoms with E-state index in [1.807, 2.05) is 30.3 Å². The van der Waals surface area contributed by atoms with E-state index in [-0.39, 0.29) is 17.9 Å². The molecule has 0 spiro atoms. The number of nitrogens with zero attached hydrogens (tertiary/aromatic N) is 2. The van der Waals surface area contributed by atoms with Crippen molar-refractivity contribution in [3.63, 3.8) is 0 Å². The van der Waals surface area contributed by atoms with Gasteiger partial charge >= 0.3 is 5.69 Å². The third kappa shape index (κ3) is 2.93. The highest BCUT2D eigenvalue weighted by molar-refractivity contribution is 5.33. The lowest BCUT2D eigenvalue weighted by atomic mass is 10.1. The van der Waals surface area contributed by atoms with Crippen molar-refractivity contribution in [1.82, 2.24) is 9.13 Å². The Balaban J connectivity index is 2.13. The first-order valence-corrected chi connectivity index (χ1v) is 7.61. The van der Waals surface area contributed by atoms with Gasteiger partial charge in [0.15, 0.2) is 0 Å². The number of aromatic nitrogens is 2. The van der Waals surface area contributed by atoms with Gasteiger partial charge in [-0.25, -0.2) is 9.18 Å². The molecule has 0 aliphatic carbocycles. The second-order valence-corrected chi connectivity index (χ2v) is 5.75. The molecule has 2 aromatic carbocycles. The minimum atomic E-state index is -0.409. The molecule has 3 aromatic rings. The normalized spacial score (nSPS) is 10.8. The summed E-state index contributed by atoms with van der Waals surface area (Å²) in [5.74, 6) is -0.309. The molecule has 0 atom stereocenters. The lowest BCUT2D eigenvalue weighted by Crippen LogP contribution is -2.40. The van der Waals surface area contributed by atoms with Crippen LogP contribution in [0.1, 0.15) is 16.8 Å². The highest BCUT2D eigenvalue weighted by Gasteiger charge is 2.11. The van der Waals surface area contributed by atoms with Gasteiger partial charge in [0.1, 0.15) is 5.82 Å². The van der Waals surface area contributed by atoms with Crippen LogP contribution < -0.4 is 11.2 Å². The molecule has 0 aliphatic heterocycles. The summed E-state index contributed by atoms with van der Waals surface area (Å²) in [6.45, 7) is 3.48. The first-order chi connectivity index (χ1) is 11.5. The van der Waals surface area contributed by atoms with Crippen LogP contribution in [0.3, 0.4) is 0 Å². The zero-order valence-electron chi connectivity index (χ0n) is 13.5. The lowest BCUT2D eigenvalue weighted by Gasteiger charge is -2.13. The molecule has 4 nitrogen and oxygen atoms in total. The van der Waals surface area contributed by atoms with Crippen LogP contribution in [-0.4, -0.2) is 9.13 Å². The van der Waals surface area contributed by atoms with Crippen LogP contribution >= 0.6 is 0 Å². The molecule has 24 heavy (non-hydrogen) atoms. The predicted molar refractivity (Wildman–Crippen MR) is 91.3 cm³/mol. The van der Waals surface area contributed by atoms with Crippen molar-refractivity contribution < 1.29 is 4.39 Å². The van der Waals surface area contributed by atoms with E-state index >= 15 is 0 Å². The molecule has 0 N–H and O–H groups in total. The molecule has 0 saturated carbocycles. The summed E-state index contributed by atoms with van der Waals surface area (Å²) >= 11 is 0. The second-order valence-electron chi connectivity index (χ2n) is 5.75. The first-order valence-electron chi connectivity index (χ1n) is 7.61. The Hall–Kier alpha value is -2.95. The Bertz CT molecular complexity index is 1000. The summed E-state index contributed by atoms with van der Waals surface area (Å²) in [4.78, 5) is 25.1. The average Bonchev–Trinajstić information content (AvgIpc) is 2.55. The maximum atomic E-state index is 13.4. The average molecular weight is 324 g/mol. The quantitative estimate of drug-likeness (QED) is 0.743. The number of para-hydroxylation sites is 1. The molecular formula is C19H17FN2O2. The van der Waals surface area contributed by atoms with E-state index in [1.54, 1.807) is 26.0 Å². The Kier molecular flexibility index (Phi) is 4.16. The van der Waals surface area contributed by atoms with Crippen LogP contribution in [-0.2, 0) is 6.54 Å². The van der Waals surface area contributed by atoms with Crippen molar-refractivity contribution in [3.05, 3.63) is 98.1 Å². The van der Waals surface area contributed by atoms with Crippen LogP contribution in [0, 0.1) is 19.7 Å². The maximum Gasteiger partial charge on any atom is 0.336 e. The summed E-state index contributed by atoms with van der Waals surface area (Å²) < 4.78 is 16.1. The van der Waals surface area contributed by atoms with Crippen LogP contribution in [0.4, 0.5) is 4.39 Å². The molecule has 122 valence electrons. The van der Waals surface area contributed by atoms with Crippen LogP contribution in [0.2, 0.25) is 0 Å². The van der Waals surface area contributed by atoms with E-state index < -0.39 is 5.69 Å². The molecule has 0 fully saturated rings. The minimum absolute atomic E-state index is 0.103. The van der Waals surface area contributed by atoms with Gasteiger partial charge in [-0.05, 0) is 43.2 Å². The molecule has 0 bridgehead atoms. The minimum Gasteiger partial charge on any atom is -0.269 e. The fraction of sp³-hybridized carbons (Fsp3) is 0.158. The summed E-state index contributed by atoms with van der Waals surface area (Å²) in [5.41, 5.74) is 1.68. The first kappa shape index (κ1) is 15.9. The SMILES string of the molecule is Cc1cc(Cn2c(=O)cc(C)n(-c3ccccc3)c2=O)ccc1F. The largest absolute Gasteiger partial charge is 0.336 e. The van der Waals surface area contributed by atoms with E-state index in [9.17, 15) is 14.0 Å².